The van der Waals surface area contributed by atoms with Gasteiger partial charge in [0.1, 0.15) is 5.75 Å². The Kier molecular flexibility index (Phi) is 9.44. The van der Waals surface area contributed by atoms with Crippen LogP contribution in [0.5, 0.6) is 5.75 Å². The molecule has 2 saturated heterocycles. The summed E-state index contributed by atoms with van der Waals surface area (Å²) in [5.41, 5.74) is 1.63. The molecule has 2 aliphatic heterocycles. The fraction of sp³-hybridized carbons (Fsp3) is 0.760. The van der Waals surface area contributed by atoms with Crippen LogP contribution in [0.25, 0.3) is 0 Å². The third kappa shape index (κ3) is 6.94. The average molecular weight is 418 g/mol. The Balaban J connectivity index is 1.56. The molecule has 0 spiro atoms. The molecule has 0 aliphatic carbocycles. The monoisotopic (exact) mass is 417 g/mol. The van der Waals surface area contributed by atoms with E-state index in [1.54, 1.807) is 0 Å². The van der Waals surface area contributed by atoms with E-state index in [-0.39, 0.29) is 5.41 Å². The lowest BCUT2D eigenvalue weighted by atomic mass is 9.73. The van der Waals surface area contributed by atoms with Crippen molar-refractivity contribution in [2.24, 2.45) is 0 Å². The van der Waals surface area contributed by atoms with Gasteiger partial charge in [-0.05, 0) is 83.5 Å². The molecule has 0 N–H and O–H groups in total. The molecule has 2 aliphatic rings. The van der Waals surface area contributed by atoms with Gasteiger partial charge >= 0.3 is 0 Å². The normalized spacial score (nSPS) is 19.6. The summed E-state index contributed by atoms with van der Waals surface area (Å²) in [6, 6.07) is 8.97. The molecule has 0 aromatic heterocycles. The molecule has 170 valence electrons. The van der Waals surface area contributed by atoms with Crippen molar-refractivity contribution in [1.82, 2.24) is 14.7 Å². The molecule has 1 aromatic rings. The van der Waals surface area contributed by atoms with Gasteiger partial charge in [-0.2, -0.15) is 0 Å². The predicted octanol–water partition coefficient (Wildman–Crippen LogP) is 3.48. The van der Waals surface area contributed by atoms with Gasteiger partial charge in [-0.15, -0.1) is 0 Å². The number of nitrogens with zero attached hydrogens (tertiary/aromatic N) is 3. The SMILES string of the molecule is CCN(CCN(C)C)CC1(c2ccc(OCCCN3CCCC3)cc2)CCOCC1. The highest BCUT2D eigenvalue weighted by molar-refractivity contribution is 5.33. The maximum Gasteiger partial charge on any atom is 0.119 e. The van der Waals surface area contributed by atoms with E-state index >= 15 is 0 Å². The van der Waals surface area contributed by atoms with Crippen LogP contribution in [0.3, 0.4) is 0 Å². The number of hydrogen-bond acceptors (Lipinski definition) is 5. The fourth-order valence-corrected chi connectivity index (χ4v) is 4.81. The second-order valence-electron chi connectivity index (χ2n) is 9.34. The summed E-state index contributed by atoms with van der Waals surface area (Å²) >= 11 is 0. The van der Waals surface area contributed by atoms with Crippen molar-refractivity contribution in [3.8, 4) is 5.75 Å². The zero-order valence-electron chi connectivity index (χ0n) is 19.6. The van der Waals surface area contributed by atoms with Gasteiger partial charge in [-0.1, -0.05) is 19.1 Å². The Morgan fingerprint density at radius 1 is 1.03 bits per heavy atom. The number of likely N-dealkylation sites (tertiary alicyclic amines) is 1. The van der Waals surface area contributed by atoms with Crippen molar-refractivity contribution in [1.29, 1.82) is 0 Å². The second-order valence-corrected chi connectivity index (χ2v) is 9.34. The summed E-state index contributed by atoms with van der Waals surface area (Å²) in [6.07, 6.45) is 6.03. The van der Waals surface area contributed by atoms with E-state index in [2.05, 4.69) is 60.0 Å². The Bertz CT molecular complexity index is 593. The molecule has 0 amide bonds. The predicted molar refractivity (Wildman–Crippen MR) is 125 cm³/mol. The Hall–Kier alpha value is -1.14. The third-order valence-corrected chi connectivity index (χ3v) is 6.84. The van der Waals surface area contributed by atoms with E-state index in [0.29, 0.717) is 0 Å². The van der Waals surface area contributed by atoms with Gasteiger partial charge < -0.3 is 24.2 Å². The molecule has 0 bridgehead atoms. The van der Waals surface area contributed by atoms with Gasteiger partial charge in [-0.3, -0.25) is 0 Å². The molecule has 0 radical (unpaired) electrons. The lowest BCUT2D eigenvalue weighted by molar-refractivity contribution is 0.0337. The first-order chi connectivity index (χ1) is 14.6. The molecule has 2 heterocycles. The van der Waals surface area contributed by atoms with E-state index in [0.717, 1.165) is 71.0 Å². The van der Waals surface area contributed by atoms with E-state index in [4.69, 9.17) is 9.47 Å². The van der Waals surface area contributed by atoms with E-state index in [1.807, 2.05) is 0 Å². The topological polar surface area (TPSA) is 28.2 Å². The average Bonchev–Trinajstić information content (AvgIpc) is 3.29. The summed E-state index contributed by atoms with van der Waals surface area (Å²) in [4.78, 5) is 7.43. The molecule has 1 aromatic carbocycles. The van der Waals surface area contributed by atoms with Gasteiger partial charge in [0.15, 0.2) is 0 Å². The van der Waals surface area contributed by atoms with Crippen LogP contribution < -0.4 is 4.74 Å². The van der Waals surface area contributed by atoms with E-state index in [1.165, 1.54) is 38.0 Å². The van der Waals surface area contributed by atoms with Gasteiger partial charge in [0.25, 0.3) is 0 Å². The Morgan fingerprint density at radius 2 is 1.73 bits per heavy atom. The molecule has 0 atom stereocenters. The maximum absolute atomic E-state index is 6.04. The van der Waals surface area contributed by atoms with Crippen LogP contribution in [0.2, 0.25) is 0 Å². The van der Waals surface area contributed by atoms with Crippen molar-refractivity contribution in [2.45, 2.75) is 44.4 Å². The lowest BCUT2D eigenvalue weighted by Gasteiger charge is -2.41. The van der Waals surface area contributed by atoms with Gasteiger partial charge in [0, 0.05) is 44.8 Å². The zero-order chi connectivity index (χ0) is 21.2. The quantitative estimate of drug-likeness (QED) is 0.486. The van der Waals surface area contributed by atoms with Crippen LogP contribution in [0.15, 0.2) is 24.3 Å². The smallest absolute Gasteiger partial charge is 0.119 e. The summed E-state index contributed by atoms with van der Waals surface area (Å²) in [6.45, 7) is 12.9. The molecular formula is C25H43N3O2. The first-order valence-electron chi connectivity index (χ1n) is 12.0. The van der Waals surface area contributed by atoms with E-state index < -0.39 is 0 Å². The minimum absolute atomic E-state index is 0.189. The Morgan fingerprint density at radius 3 is 2.37 bits per heavy atom. The van der Waals surface area contributed by atoms with Crippen molar-refractivity contribution in [2.75, 3.05) is 79.7 Å². The number of ether oxygens (including phenoxy) is 2. The first-order valence-corrected chi connectivity index (χ1v) is 12.0. The number of hydrogen-bond donors (Lipinski definition) is 0. The van der Waals surface area contributed by atoms with Crippen LogP contribution in [-0.2, 0) is 10.2 Å². The van der Waals surface area contributed by atoms with Crippen molar-refractivity contribution < 1.29 is 9.47 Å². The van der Waals surface area contributed by atoms with Gasteiger partial charge in [0.2, 0.25) is 0 Å². The minimum atomic E-state index is 0.189. The van der Waals surface area contributed by atoms with Crippen molar-refractivity contribution in [3.05, 3.63) is 29.8 Å². The summed E-state index contributed by atoms with van der Waals surface area (Å²) in [5, 5.41) is 0. The largest absolute Gasteiger partial charge is 0.494 e. The molecule has 5 nitrogen and oxygen atoms in total. The standard InChI is InChI=1S/C25H43N3O2/c1-4-27(18-17-26(2)3)22-25(12-20-29-21-13-25)23-8-10-24(11-9-23)30-19-7-16-28-14-5-6-15-28/h8-11H,4-7,12-22H2,1-3H3. The molecule has 5 heteroatoms. The van der Waals surface area contributed by atoms with Crippen LogP contribution >= 0.6 is 0 Å². The summed E-state index contributed by atoms with van der Waals surface area (Å²) < 4.78 is 11.8. The number of benzene rings is 1. The van der Waals surface area contributed by atoms with Crippen LogP contribution in [0, 0.1) is 0 Å². The van der Waals surface area contributed by atoms with Crippen LogP contribution in [0.1, 0.15) is 44.6 Å². The highest BCUT2D eigenvalue weighted by Crippen LogP contribution is 2.36. The maximum atomic E-state index is 6.04. The lowest BCUT2D eigenvalue weighted by Crippen LogP contribution is -2.46. The van der Waals surface area contributed by atoms with E-state index in [9.17, 15) is 0 Å². The molecule has 0 saturated carbocycles. The molecule has 0 unspecified atom stereocenters. The van der Waals surface area contributed by atoms with Crippen LogP contribution in [0.4, 0.5) is 0 Å². The first kappa shape index (κ1) is 23.5. The summed E-state index contributed by atoms with van der Waals surface area (Å²) in [7, 11) is 4.31. The highest BCUT2D eigenvalue weighted by atomic mass is 16.5. The number of likely N-dealkylation sites (N-methyl/N-ethyl adjacent to an activating group) is 2. The number of rotatable bonds is 12. The molecular weight excluding hydrogens is 374 g/mol. The highest BCUT2D eigenvalue weighted by Gasteiger charge is 2.36. The van der Waals surface area contributed by atoms with Crippen molar-refractivity contribution >= 4 is 0 Å². The Labute approximate surface area is 184 Å². The molecule has 3 rings (SSSR count). The van der Waals surface area contributed by atoms with Gasteiger partial charge in [-0.25, -0.2) is 0 Å². The zero-order valence-corrected chi connectivity index (χ0v) is 19.6. The van der Waals surface area contributed by atoms with Gasteiger partial charge in [0.05, 0.1) is 6.61 Å². The minimum Gasteiger partial charge on any atom is -0.494 e. The second kappa shape index (κ2) is 12.0. The molecule has 2 fully saturated rings. The van der Waals surface area contributed by atoms with Crippen LogP contribution in [-0.4, -0.2) is 94.4 Å². The van der Waals surface area contributed by atoms with Crippen molar-refractivity contribution in [3.63, 3.8) is 0 Å². The molecule has 30 heavy (non-hydrogen) atoms. The fourth-order valence-electron chi connectivity index (χ4n) is 4.81. The third-order valence-electron chi connectivity index (χ3n) is 6.84. The summed E-state index contributed by atoms with van der Waals surface area (Å²) in [5.74, 6) is 1.00.